The van der Waals surface area contributed by atoms with Gasteiger partial charge in [0.2, 0.25) is 5.91 Å². The Balaban J connectivity index is 1.43. The Labute approximate surface area is 115 Å². The summed E-state index contributed by atoms with van der Waals surface area (Å²) in [4.78, 5) is 16.4. The Hall–Kier alpha value is -0.650. The maximum absolute atomic E-state index is 11.2. The number of amides is 1. The van der Waals surface area contributed by atoms with Gasteiger partial charge in [-0.15, -0.1) is 0 Å². The van der Waals surface area contributed by atoms with E-state index in [2.05, 4.69) is 15.1 Å². The first-order valence-electron chi connectivity index (χ1n) is 7.72. The largest absolute Gasteiger partial charge is 0.352 e. The maximum atomic E-state index is 11.2. The van der Waals surface area contributed by atoms with Gasteiger partial charge in [-0.05, 0) is 45.3 Å². The molecule has 3 aliphatic rings. The van der Waals surface area contributed by atoms with Crippen molar-refractivity contribution in [3.8, 4) is 0 Å². The van der Waals surface area contributed by atoms with Gasteiger partial charge >= 0.3 is 0 Å². The van der Waals surface area contributed by atoms with Crippen LogP contribution in [0.15, 0.2) is 0 Å². The van der Waals surface area contributed by atoms with Crippen LogP contribution in [-0.4, -0.2) is 66.6 Å². The molecule has 0 bridgehead atoms. The second-order valence-electron chi connectivity index (χ2n) is 6.38. The molecule has 3 heterocycles. The molecule has 3 rings (SSSR count). The smallest absolute Gasteiger partial charge is 0.220 e. The van der Waals surface area contributed by atoms with E-state index in [1.54, 1.807) is 0 Å². The van der Waals surface area contributed by atoms with Crippen LogP contribution in [-0.2, 0) is 4.79 Å². The number of nitrogens with two attached hydrogens (primary N) is 1. The summed E-state index contributed by atoms with van der Waals surface area (Å²) >= 11 is 0. The van der Waals surface area contributed by atoms with Crippen molar-refractivity contribution in [2.75, 3.05) is 32.7 Å². The zero-order valence-corrected chi connectivity index (χ0v) is 11.7. The summed E-state index contributed by atoms with van der Waals surface area (Å²) in [6.07, 6.45) is 5.30. The van der Waals surface area contributed by atoms with Gasteiger partial charge in [0.1, 0.15) is 0 Å². The van der Waals surface area contributed by atoms with E-state index >= 15 is 0 Å². The molecule has 0 aliphatic carbocycles. The van der Waals surface area contributed by atoms with Crippen molar-refractivity contribution in [1.82, 2.24) is 15.1 Å². The monoisotopic (exact) mass is 266 g/mol. The van der Waals surface area contributed by atoms with Crippen molar-refractivity contribution in [3.63, 3.8) is 0 Å². The highest BCUT2D eigenvalue weighted by molar-refractivity contribution is 5.78. The van der Waals surface area contributed by atoms with Crippen molar-refractivity contribution in [3.05, 3.63) is 0 Å². The molecular formula is C14H26N4O. The Morgan fingerprint density at radius 3 is 2.63 bits per heavy atom. The molecule has 0 spiro atoms. The third-order valence-electron chi connectivity index (χ3n) is 4.90. The van der Waals surface area contributed by atoms with E-state index in [1.165, 1.54) is 32.6 Å². The molecule has 3 N–H and O–H groups in total. The summed E-state index contributed by atoms with van der Waals surface area (Å²) in [6, 6.07) is 1.52. The van der Waals surface area contributed by atoms with Crippen LogP contribution in [0.4, 0.5) is 0 Å². The average Bonchev–Trinajstić information content (AvgIpc) is 3.00. The molecule has 2 unspecified atom stereocenters. The van der Waals surface area contributed by atoms with Crippen LogP contribution in [0.1, 0.15) is 32.1 Å². The lowest BCUT2D eigenvalue weighted by molar-refractivity contribution is -0.119. The summed E-state index contributed by atoms with van der Waals surface area (Å²) in [5, 5.41) is 3.07. The number of nitrogens with zero attached hydrogens (tertiary/aromatic N) is 2. The van der Waals surface area contributed by atoms with E-state index < -0.39 is 0 Å². The molecule has 0 saturated carbocycles. The minimum atomic E-state index is 0.228. The predicted molar refractivity (Wildman–Crippen MR) is 74.8 cm³/mol. The molecule has 5 nitrogen and oxygen atoms in total. The molecule has 3 fully saturated rings. The summed E-state index contributed by atoms with van der Waals surface area (Å²) in [5.41, 5.74) is 5.97. The number of carbonyl (C=O) groups is 1. The Morgan fingerprint density at radius 2 is 1.95 bits per heavy atom. The van der Waals surface area contributed by atoms with Crippen molar-refractivity contribution < 1.29 is 4.79 Å². The fourth-order valence-corrected chi connectivity index (χ4v) is 3.69. The lowest BCUT2D eigenvalue weighted by Crippen LogP contribution is -2.46. The first-order chi connectivity index (χ1) is 9.20. The van der Waals surface area contributed by atoms with Crippen molar-refractivity contribution in [2.24, 2.45) is 5.73 Å². The SMILES string of the molecule is NC1CCN(C2CCN(CC3CCC(=O)N3)C2)CC1. The van der Waals surface area contributed by atoms with Crippen LogP contribution in [0, 0.1) is 0 Å². The van der Waals surface area contributed by atoms with Gasteiger partial charge in [-0.1, -0.05) is 0 Å². The molecule has 5 heteroatoms. The third-order valence-corrected chi connectivity index (χ3v) is 4.90. The van der Waals surface area contributed by atoms with E-state index in [-0.39, 0.29) is 5.91 Å². The van der Waals surface area contributed by atoms with Crippen LogP contribution in [0.2, 0.25) is 0 Å². The highest BCUT2D eigenvalue weighted by Crippen LogP contribution is 2.21. The Kier molecular flexibility index (Phi) is 4.05. The number of likely N-dealkylation sites (tertiary alicyclic amines) is 2. The van der Waals surface area contributed by atoms with Crippen molar-refractivity contribution in [2.45, 2.75) is 50.2 Å². The second kappa shape index (κ2) is 5.77. The summed E-state index contributed by atoms with van der Waals surface area (Å²) in [7, 11) is 0. The molecule has 0 aromatic rings. The number of nitrogens with one attached hydrogen (secondary N) is 1. The van der Waals surface area contributed by atoms with Crippen LogP contribution < -0.4 is 11.1 Å². The van der Waals surface area contributed by atoms with Gasteiger partial charge in [0, 0.05) is 37.6 Å². The van der Waals surface area contributed by atoms with Gasteiger partial charge in [-0.2, -0.15) is 0 Å². The van der Waals surface area contributed by atoms with Gasteiger partial charge < -0.3 is 11.1 Å². The molecule has 1 amide bonds. The zero-order valence-electron chi connectivity index (χ0n) is 11.7. The topological polar surface area (TPSA) is 61.6 Å². The van der Waals surface area contributed by atoms with E-state index in [0.29, 0.717) is 24.5 Å². The van der Waals surface area contributed by atoms with Crippen molar-refractivity contribution in [1.29, 1.82) is 0 Å². The minimum Gasteiger partial charge on any atom is -0.352 e. The minimum absolute atomic E-state index is 0.228. The van der Waals surface area contributed by atoms with E-state index in [1.807, 2.05) is 0 Å². The van der Waals surface area contributed by atoms with E-state index in [4.69, 9.17) is 5.73 Å². The number of piperidine rings is 1. The number of carbonyl (C=O) groups excluding carboxylic acids is 1. The van der Waals surface area contributed by atoms with Crippen molar-refractivity contribution >= 4 is 5.91 Å². The quantitative estimate of drug-likeness (QED) is 0.740. The molecule has 19 heavy (non-hydrogen) atoms. The second-order valence-corrected chi connectivity index (χ2v) is 6.38. The molecular weight excluding hydrogens is 240 g/mol. The fourth-order valence-electron chi connectivity index (χ4n) is 3.69. The lowest BCUT2D eigenvalue weighted by Gasteiger charge is -2.34. The predicted octanol–water partition coefficient (Wildman–Crippen LogP) is -0.238. The molecule has 3 aliphatic heterocycles. The maximum Gasteiger partial charge on any atom is 0.220 e. The van der Waals surface area contributed by atoms with Crippen LogP contribution >= 0.6 is 0 Å². The number of rotatable bonds is 3. The normalized spacial score (nSPS) is 34.9. The number of hydrogen-bond acceptors (Lipinski definition) is 4. The molecule has 0 radical (unpaired) electrons. The van der Waals surface area contributed by atoms with Crippen LogP contribution in [0.5, 0.6) is 0 Å². The van der Waals surface area contributed by atoms with E-state index in [0.717, 1.165) is 25.8 Å². The van der Waals surface area contributed by atoms with Gasteiger partial charge in [-0.25, -0.2) is 0 Å². The van der Waals surface area contributed by atoms with E-state index in [9.17, 15) is 4.79 Å². The molecule has 2 atom stereocenters. The van der Waals surface area contributed by atoms with Gasteiger partial charge in [-0.3, -0.25) is 14.6 Å². The standard InChI is InChI=1S/C14H26N4O/c15-11-3-7-18(8-4-11)13-5-6-17(10-13)9-12-1-2-14(19)16-12/h11-13H,1-10,15H2,(H,16,19). The van der Waals surface area contributed by atoms with Gasteiger partial charge in [0.05, 0.1) is 0 Å². The van der Waals surface area contributed by atoms with Gasteiger partial charge in [0.25, 0.3) is 0 Å². The summed E-state index contributed by atoms with van der Waals surface area (Å²) in [6.45, 7) is 5.72. The molecule has 0 aromatic carbocycles. The summed E-state index contributed by atoms with van der Waals surface area (Å²) < 4.78 is 0. The highest BCUT2D eigenvalue weighted by Gasteiger charge is 2.31. The fraction of sp³-hybridized carbons (Fsp3) is 0.929. The highest BCUT2D eigenvalue weighted by atomic mass is 16.1. The zero-order chi connectivity index (χ0) is 13.2. The Bertz CT molecular complexity index is 327. The number of hydrogen-bond donors (Lipinski definition) is 2. The first-order valence-corrected chi connectivity index (χ1v) is 7.72. The average molecular weight is 266 g/mol. The first kappa shape index (κ1) is 13.3. The van der Waals surface area contributed by atoms with Crippen LogP contribution in [0.3, 0.4) is 0 Å². The van der Waals surface area contributed by atoms with Crippen LogP contribution in [0.25, 0.3) is 0 Å². The summed E-state index contributed by atoms with van der Waals surface area (Å²) in [5.74, 6) is 0.228. The third kappa shape index (κ3) is 3.27. The molecule has 3 saturated heterocycles. The Morgan fingerprint density at radius 1 is 1.16 bits per heavy atom. The molecule has 108 valence electrons. The van der Waals surface area contributed by atoms with Gasteiger partial charge in [0.15, 0.2) is 0 Å². The molecule has 0 aromatic heterocycles. The lowest BCUT2D eigenvalue weighted by atomic mass is 10.0.